The number of guanidine groups is 1. The molecule has 6 nitrogen and oxygen atoms in total. The Hall–Kier alpha value is -0.870. The maximum atomic E-state index is 12.2. The Bertz CT molecular complexity index is 641. The summed E-state index contributed by atoms with van der Waals surface area (Å²) in [6.45, 7) is 5.41. The summed E-state index contributed by atoms with van der Waals surface area (Å²) < 4.78 is 27.0. The number of nitrogens with zero attached hydrogens (tertiary/aromatic N) is 1. The maximum absolute atomic E-state index is 12.2. The molecule has 1 aliphatic rings. The van der Waals surface area contributed by atoms with Gasteiger partial charge in [-0.25, -0.2) is 13.1 Å². The molecule has 142 valence electrons. The zero-order valence-corrected chi connectivity index (χ0v) is 18.1. The van der Waals surface area contributed by atoms with Crippen LogP contribution in [0.25, 0.3) is 0 Å². The topological polar surface area (TPSA) is 82.6 Å². The van der Waals surface area contributed by atoms with E-state index in [2.05, 4.69) is 20.3 Å². The zero-order chi connectivity index (χ0) is 17.4. The first kappa shape index (κ1) is 22.2. The fraction of sp³-hybridized carbons (Fsp3) is 0.588. The molecule has 1 saturated carbocycles. The fourth-order valence-corrected chi connectivity index (χ4v) is 3.75. The number of sulfonamides is 1. The van der Waals surface area contributed by atoms with Crippen molar-refractivity contribution < 1.29 is 8.42 Å². The number of rotatable bonds is 7. The first-order chi connectivity index (χ1) is 11.5. The summed E-state index contributed by atoms with van der Waals surface area (Å²) in [6, 6.07) is 7.30. The summed E-state index contributed by atoms with van der Waals surface area (Å²) >= 11 is 0. The molecule has 0 aromatic heterocycles. The van der Waals surface area contributed by atoms with Crippen molar-refractivity contribution >= 4 is 40.0 Å². The van der Waals surface area contributed by atoms with Gasteiger partial charge in [0, 0.05) is 19.1 Å². The summed E-state index contributed by atoms with van der Waals surface area (Å²) in [4.78, 5) is 4.74. The molecule has 0 saturated heterocycles. The Morgan fingerprint density at radius 2 is 1.84 bits per heavy atom. The fourth-order valence-electron chi connectivity index (χ4n) is 2.73. The third-order valence-corrected chi connectivity index (χ3v) is 5.52. The van der Waals surface area contributed by atoms with Gasteiger partial charge in [0.25, 0.3) is 0 Å². The van der Waals surface area contributed by atoms with Crippen molar-refractivity contribution in [3.63, 3.8) is 0 Å². The minimum Gasteiger partial charge on any atom is -0.357 e. The molecule has 0 heterocycles. The van der Waals surface area contributed by atoms with Crippen molar-refractivity contribution in [2.75, 3.05) is 19.6 Å². The Balaban J connectivity index is 0.00000312. The molecular formula is C17H29IN4O2S. The summed E-state index contributed by atoms with van der Waals surface area (Å²) in [5, 5.41) is 6.62. The predicted octanol–water partition coefficient (Wildman–Crippen LogP) is 2.39. The molecule has 0 radical (unpaired) electrons. The highest BCUT2D eigenvalue weighted by atomic mass is 127. The van der Waals surface area contributed by atoms with Crippen LogP contribution < -0.4 is 15.4 Å². The van der Waals surface area contributed by atoms with Gasteiger partial charge in [-0.15, -0.1) is 24.0 Å². The van der Waals surface area contributed by atoms with Gasteiger partial charge in [-0.05, 0) is 38.8 Å². The Labute approximate surface area is 168 Å². The highest BCUT2D eigenvalue weighted by Gasteiger charge is 2.16. The molecule has 0 atom stereocenters. The molecule has 3 N–H and O–H groups in total. The molecule has 2 rings (SSSR count). The third-order valence-electron chi connectivity index (χ3n) is 4.05. The molecule has 0 aliphatic heterocycles. The van der Waals surface area contributed by atoms with Gasteiger partial charge in [0.15, 0.2) is 5.96 Å². The standard InChI is InChI=1S/C17H28N4O2S.HI/c1-3-18-17(21-15-6-4-5-7-15)19-12-13-20-24(22,23)16-10-8-14(2)9-11-16;/h8-11,15,20H,3-7,12-13H2,1-2H3,(H2,18,19,21);1H. The van der Waals surface area contributed by atoms with Gasteiger partial charge in [-0.2, -0.15) is 0 Å². The molecule has 0 spiro atoms. The molecule has 0 bridgehead atoms. The normalized spacial score (nSPS) is 15.7. The molecule has 0 unspecified atom stereocenters. The summed E-state index contributed by atoms with van der Waals surface area (Å²) in [5.74, 6) is 0.763. The lowest BCUT2D eigenvalue weighted by atomic mass is 10.2. The van der Waals surface area contributed by atoms with Crippen molar-refractivity contribution in [1.29, 1.82) is 0 Å². The van der Waals surface area contributed by atoms with Crippen LogP contribution >= 0.6 is 24.0 Å². The van der Waals surface area contributed by atoms with Crippen molar-refractivity contribution in [2.24, 2.45) is 4.99 Å². The van der Waals surface area contributed by atoms with Crippen molar-refractivity contribution in [3.8, 4) is 0 Å². The van der Waals surface area contributed by atoms with Gasteiger partial charge >= 0.3 is 0 Å². The van der Waals surface area contributed by atoms with Gasteiger partial charge in [0.1, 0.15) is 0 Å². The number of benzene rings is 1. The van der Waals surface area contributed by atoms with Crippen LogP contribution in [-0.2, 0) is 10.0 Å². The van der Waals surface area contributed by atoms with E-state index in [9.17, 15) is 8.42 Å². The molecule has 1 aliphatic carbocycles. The van der Waals surface area contributed by atoms with Crippen LogP contribution in [0, 0.1) is 6.92 Å². The molecule has 8 heteroatoms. The monoisotopic (exact) mass is 480 g/mol. The Morgan fingerprint density at radius 3 is 2.44 bits per heavy atom. The number of nitrogens with one attached hydrogen (secondary N) is 3. The van der Waals surface area contributed by atoms with E-state index in [1.165, 1.54) is 25.7 Å². The lowest BCUT2D eigenvalue weighted by Gasteiger charge is -2.16. The Morgan fingerprint density at radius 1 is 1.20 bits per heavy atom. The second kappa shape index (κ2) is 11.0. The van der Waals surface area contributed by atoms with Crippen molar-refractivity contribution in [3.05, 3.63) is 29.8 Å². The zero-order valence-electron chi connectivity index (χ0n) is 14.9. The number of hydrogen-bond donors (Lipinski definition) is 3. The molecule has 25 heavy (non-hydrogen) atoms. The summed E-state index contributed by atoms with van der Waals surface area (Å²) in [7, 11) is -3.47. The van der Waals surface area contributed by atoms with Crippen LogP contribution in [0.4, 0.5) is 0 Å². The van der Waals surface area contributed by atoms with Crippen LogP contribution in [0.3, 0.4) is 0 Å². The van der Waals surface area contributed by atoms with Crippen molar-refractivity contribution in [2.45, 2.75) is 50.5 Å². The number of hydrogen-bond acceptors (Lipinski definition) is 3. The van der Waals surface area contributed by atoms with Gasteiger partial charge in [0.2, 0.25) is 10.0 Å². The first-order valence-electron chi connectivity index (χ1n) is 8.62. The smallest absolute Gasteiger partial charge is 0.240 e. The van der Waals surface area contributed by atoms with Crippen LogP contribution in [-0.4, -0.2) is 40.1 Å². The van der Waals surface area contributed by atoms with Crippen molar-refractivity contribution in [1.82, 2.24) is 15.4 Å². The van der Waals surface area contributed by atoms with E-state index in [1.54, 1.807) is 24.3 Å². The van der Waals surface area contributed by atoms with Gasteiger partial charge in [0.05, 0.1) is 11.4 Å². The second-order valence-corrected chi connectivity index (χ2v) is 7.86. The average molecular weight is 480 g/mol. The van der Waals surface area contributed by atoms with Crippen LogP contribution in [0.15, 0.2) is 34.2 Å². The lowest BCUT2D eigenvalue weighted by molar-refractivity contribution is 0.581. The van der Waals surface area contributed by atoms with Crippen LogP contribution in [0.5, 0.6) is 0 Å². The number of aliphatic imine (C=N–C) groups is 1. The molecule has 0 amide bonds. The minimum atomic E-state index is -3.47. The number of aryl methyl sites for hydroxylation is 1. The van der Waals surface area contributed by atoms with E-state index in [0.29, 0.717) is 12.6 Å². The van der Waals surface area contributed by atoms with E-state index in [-0.39, 0.29) is 35.4 Å². The second-order valence-electron chi connectivity index (χ2n) is 6.10. The largest absolute Gasteiger partial charge is 0.357 e. The minimum absolute atomic E-state index is 0. The molecular weight excluding hydrogens is 451 g/mol. The SMILES string of the molecule is CCNC(=NCCNS(=O)(=O)c1ccc(C)cc1)NC1CCCC1.I. The van der Waals surface area contributed by atoms with Crippen LogP contribution in [0.1, 0.15) is 38.2 Å². The van der Waals surface area contributed by atoms with E-state index in [0.717, 1.165) is 18.1 Å². The van der Waals surface area contributed by atoms with E-state index < -0.39 is 10.0 Å². The van der Waals surface area contributed by atoms with Gasteiger partial charge in [-0.1, -0.05) is 30.5 Å². The molecule has 1 aromatic rings. The first-order valence-corrected chi connectivity index (χ1v) is 10.1. The van der Waals surface area contributed by atoms with E-state index in [1.807, 2.05) is 13.8 Å². The maximum Gasteiger partial charge on any atom is 0.240 e. The quantitative estimate of drug-likeness (QED) is 0.242. The van der Waals surface area contributed by atoms with Gasteiger partial charge in [-0.3, -0.25) is 4.99 Å². The van der Waals surface area contributed by atoms with E-state index >= 15 is 0 Å². The predicted molar refractivity (Wildman–Crippen MR) is 113 cm³/mol. The lowest BCUT2D eigenvalue weighted by Crippen LogP contribution is -2.42. The van der Waals surface area contributed by atoms with Gasteiger partial charge < -0.3 is 10.6 Å². The molecule has 1 aromatic carbocycles. The Kier molecular flexibility index (Phi) is 9.73. The summed E-state index contributed by atoms with van der Waals surface area (Å²) in [5.41, 5.74) is 1.03. The van der Waals surface area contributed by atoms with E-state index in [4.69, 9.17) is 0 Å². The average Bonchev–Trinajstić information content (AvgIpc) is 3.05. The highest BCUT2D eigenvalue weighted by molar-refractivity contribution is 14.0. The molecule has 1 fully saturated rings. The number of halogens is 1. The highest BCUT2D eigenvalue weighted by Crippen LogP contribution is 2.17. The summed E-state index contributed by atoms with van der Waals surface area (Å²) in [6.07, 6.45) is 4.86. The third kappa shape index (κ3) is 7.49. The van der Waals surface area contributed by atoms with Crippen LogP contribution in [0.2, 0.25) is 0 Å².